The molecule has 1 amide bonds. The molecule has 0 aliphatic rings. The van der Waals surface area contributed by atoms with Crippen LogP contribution in [-0.4, -0.2) is 40.5 Å². The van der Waals surface area contributed by atoms with Crippen LogP contribution in [-0.2, 0) is 9.59 Å². The van der Waals surface area contributed by atoms with Gasteiger partial charge in [-0.25, -0.2) is 0 Å². The molecule has 116 valence electrons. The first-order valence-corrected chi connectivity index (χ1v) is 7.50. The van der Waals surface area contributed by atoms with Gasteiger partial charge in [-0.1, -0.05) is 22.0 Å². The molecule has 2 N–H and O–H groups in total. The number of anilines is 1. The van der Waals surface area contributed by atoms with E-state index in [-0.39, 0.29) is 24.4 Å². The van der Waals surface area contributed by atoms with Crippen molar-refractivity contribution in [3.8, 4) is 0 Å². The summed E-state index contributed by atoms with van der Waals surface area (Å²) in [6, 6.07) is 7.34. The Morgan fingerprint density at radius 3 is 2.52 bits per heavy atom. The van der Waals surface area contributed by atoms with Gasteiger partial charge in [0.15, 0.2) is 0 Å². The van der Waals surface area contributed by atoms with Crippen LogP contribution >= 0.6 is 15.9 Å². The lowest BCUT2D eigenvalue weighted by Crippen LogP contribution is -2.46. The van der Waals surface area contributed by atoms with E-state index in [2.05, 4.69) is 21.2 Å². The molecule has 0 radical (unpaired) electrons. The Morgan fingerprint density at radius 1 is 1.33 bits per heavy atom. The third-order valence-electron chi connectivity index (χ3n) is 2.99. The quantitative estimate of drug-likeness (QED) is 0.821. The second-order valence-corrected chi connectivity index (χ2v) is 6.71. The van der Waals surface area contributed by atoms with Gasteiger partial charge in [-0.2, -0.15) is 0 Å². The summed E-state index contributed by atoms with van der Waals surface area (Å²) in [7, 11) is 0. The largest absolute Gasteiger partial charge is 0.481 e. The first-order chi connectivity index (χ1) is 9.68. The van der Waals surface area contributed by atoms with Crippen LogP contribution in [0.25, 0.3) is 0 Å². The predicted molar refractivity (Wildman–Crippen MR) is 86.4 cm³/mol. The average molecular weight is 357 g/mol. The van der Waals surface area contributed by atoms with E-state index < -0.39 is 5.97 Å². The third-order valence-corrected chi connectivity index (χ3v) is 3.48. The van der Waals surface area contributed by atoms with Crippen LogP contribution in [0.5, 0.6) is 0 Å². The molecule has 0 saturated heterocycles. The fourth-order valence-corrected chi connectivity index (χ4v) is 2.22. The average Bonchev–Trinajstić information content (AvgIpc) is 2.32. The van der Waals surface area contributed by atoms with E-state index in [1.807, 2.05) is 43.9 Å². The highest BCUT2D eigenvalue weighted by molar-refractivity contribution is 9.10. The fourth-order valence-electron chi connectivity index (χ4n) is 1.82. The Hall–Kier alpha value is -1.40. The fraction of sp³-hybridized carbons (Fsp3) is 0.467. The predicted octanol–water partition coefficient (Wildman–Crippen LogP) is 2.96. The number of amides is 1. The molecule has 6 heteroatoms. The van der Waals surface area contributed by atoms with Crippen LogP contribution in [0.2, 0.25) is 0 Å². The maximum Gasteiger partial charge on any atom is 0.304 e. The van der Waals surface area contributed by atoms with Gasteiger partial charge in [0.05, 0.1) is 13.0 Å². The van der Waals surface area contributed by atoms with E-state index in [1.54, 1.807) is 6.07 Å². The lowest BCUT2D eigenvalue weighted by molar-refractivity contribution is -0.138. The number of hydrogen-bond donors (Lipinski definition) is 2. The number of aliphatic carboxylic acids is 1. The lowest BCUT2D eigenvalue weighted by Gasteiger charge is -2.34. The molecule has 0 unspecified atom stereocenters. The van der Waals surface area contributed by atoms with Gasteiger partial charge in [-0.3, -0.25) is 14.5 Å². The van der Waals surface area contributed by atoms with Crippen LogP contribution in [0.3, 0.4) is 0 Å². The molecule has 0 saturated carbocycles. The minimum atomic E-state index is -0.864. The van der Waals surface area contributed by atoms with Crippen LogP contribution in [0, 0.1) is 0 Å². The highest BCUT2D eigenvalue weighted by atomic mass is 79.9. The number of benzene rings is 1. The zero-order valence-electron chi connectivity index (χ0n) is 12.5. The summed E-state index contributed by atoms with van der Waals surface area (Å²) in [5.74, 6) is -1.02. The monoisotopic (exact) mass is 356 g/mol. The Labute approximate surface area is 133 Å². The maximum absolute atomic E-state index is 12.1. The maximum atomic E-state index is 12.1. The Bertz CT molecular complexity index is 512. The topological polar surface area (TPSA) is 69.6 Å². The minimum absolute atomic E-state index is 0.0153. The molecule has 0 bridgehead atoms. The van der Waals surface area contributed by atoms with Crippen molar-refractivity contribution in [2.75, 3.05) is 18.4 Å². The molecular weight excluding hydrogens is 336 g/mol. The van der Waals surface area contributed by atoms with Crippen molar-refractivity contribution in [3.05, 3.63) is 28.7 Å². The molecule has 21 heavy (non-hydrogen) atoms. The van der Waals surface area contributed by atoms with E-state index >= 15 is 0 Å². The van der Waals surface area contributed by atoms with Crippen molar-refractivity contribution in [3.63, 3.8) is 0 Å². The first kappa shape index (κ1) is 17.7. The highest BCUT2D eigenvalue weighted by Gasteiger charge is 2.24. The van der Waals surface area contributed by atoms with Gasteiger partial charge in [-0.15, -0.1) is 0 Å². The Balaban J connectivity index is 2.65. The Morgan fingerprint density at radius 2 is 2.00 bits per heavy atom. The molecule has 0 fully saturated rings. The number of halogens is 1. The van der Waals surface area contributed by atoms with Gasteiger partial charge < -0.3 is 10.4 Å². The van der Waals surface area contributed by atoms with E-state index in [9.17, 15) is 9.59 Å². The van der Waals surface area contributed by atoms with Gasteiger partial charge in [0.2, 0.25) is 5.91 Å². The third kappa shape index (κ3) is 6.73. The van der Waals surface area contributed by atoms with Crippen LogP contribution < -0.4 is 5.32 Å². The molecule has 0 heterocycles. The van der Waals surface area contributed by atoms with E-state index in [0.29, 0.717) is 12.2 Å². The van der Waals surface area contributed by atoms with Gasteiger partial charge >= 0.3 is 5.97 Å². The van der Waals surface area contributed by atoms with Crippen molar-refractivity contribution in [2.24, 2.45) is 0 Å². The van der Waals surface area contributed by atoms with Crippen molar-refractivity contribution >= 4 is 33.5 Å². The number of nitrogens with one attached hydrogen (secondary N) is 1. The molecule has 0 spiro atoms. The van der Waals surface area contributed by atoms with Crippen molar-refractivity contribution in [2.45, 2.75) is 32.7 Å². The molecular formula is C15H21BrN2O3. The van der Waals surface area contributed by atoms with Crippen LogP contribution in [0.4, 0.5) is 5.69 Å². The van der Waals surface area contributed by atoms with E-state index in [0.717, 1.165) is 4.47 Å². The molecule has 1 rings (SSSR count). The summed E-state index contributed by atoms with van der Waals surface area (Å²) in [5, 5.41) is 11.6. The SMILES string of the molecule is CC(C)(C)N(CCC(=O)O)CC(=O)Nc1cccc(Br)c1. The van der Waals surface area contributed by atoms with Crippen molar-refractivity contribution in [1.29, 1.82) is 0 Å². The highest BCUT2D eigenvalue weighted by Crippen LogP contribution is 2.17. The van der Waals surface area contributed by atoms with Crippen LogP contribution in [0.1, 0.15) is 27.2 Å². The van der Waals surface area contributed by atoms with Crippen molar-refractivity contribution in [1.82, 2.24) is 4.90 Å². The number of carbonyl (C=O) groups excluding carboxylic acids is 1. The standard InChI is InChI=1S/C15H21BrN2O3/c1-15(2,3)18(8-7-14(20)21)10-13(19)17-12-6-4-5-11(16)9-12/h4-6,9H,7-8,10H2,1-3H3,(H,17,19)(H,20,21). The minimum Gasteiger partial charge on any atom is -0.481 e. The summed E-state index contributed by atoms with van der Waals surface area (Å²) in [5.41, 5.74) is 0.436. The summed E-state index contributed by atoms with van der Waals surface area (Å²) in [6.07, 6.45) is 0.0153. The summed E-state index contributed by atoms with van der Waals surface area (Å²) in [4.78, 5) is 24.7. The zero-order valence-corrected chi connectivity index (χ0v) is 14.1. The second kappa shape index (κ2) is 7.56. The Kier molecular flexibility index (Phi) is 6.36. The lowest BCUT2D eigenvalue weighted by atomic mass is 10.1. The normalized spacial score (nSPS) is 11.5. The summed E-state index contributed by atoms with van der Waals surface area (Å²) < 4.78 is 0.888. The molecule has 0 aliphatic heterocycles. The number of carboxylic acids is 1. The number of hydrogen-bond acceptors (Lipinski definition) is 3. The molecule has 0 atom stereocenters. The van der Waals surface area contributed by atoms with Crippen molar-refractivity contribution < 1.29 is 14.7 Å². The molecule has 5 nitrogen and oxygen atoms in total. The summed E-state index contributed by atoms with van der Waals surface area (Å²) >= 11 is 3.35. The number of nitrogens with zero attached hydrogens (tertiary/aromatic N) is 1. The summed E-state index contributed by atoms with van der Waals surface area (Å²) in [6.45, 7) is 6.37. The van der Waals surface area contributed by atoms with Gasteiger partial charge in [0, 0.05) is 22.2 Å². The van der Waals surface area contributed by atoms with Gasteiger partial charge in [0.1, 0.15) is 0 Å². The van der Waals surface area contributed by atoms with E-state index in [1.165, 1.54) is 0 Å². The molecule has 0 aromatic heterocycles. The second-order valence-electron chi connectivity index (χ2n) is 5.79. The first-order valence-electron chi connectivity index (χ1n) is 6.71. The number of rotatable bonds is 6. The van der Waals surface area contributed by atoms with Crippen LogP contribution in [0.15, 0.2) is 28.7 Å². The molecule has 1 aromatic carbocycles. The smallest absolute Gasteiger partial charge is 0.304 e. The zero-order chi connectivity index (χ0) is 16.0. The van der Waals surface area contributed by atoms with Gasteiger partial charge in [-0.05, 0) is 39.0 Å². The number of carbonyl (C=O) groups is 2. The van der Waals surface area contributed by atoms with E-state index in [4.69, 9.17) is 5.11 Å². The van der Waals surface area contributed by atoms with Gasteiger partial charge in [0.25, 0.3) is 0 Å². The molecule has 0 aliphatic carbocycles. The molecule has 1 aromatic rings. The number of carboxylic acid groups (broad SMARTS) is 1.